The van der Waals surface area contributed by atoms with Gasteiger partial charge < -0.3 is 18.7 Å². The molecule has 0 spiro atoms. The average molecular weight is 305 g/mol. The second kappa shape index (κ2) is 6.76. The van der Waals surface area contributed by atoms with Crippen LogP contribution < -0.4 is 9.47 Å². The number of hydrogen-bond donors (Lipinski definition) is 0. The van der Waals surface area contributed by atoms with Crippen LogP contribution in [0.5, 0.6) is 11.5 Å². The predicted octanol–water partition coefficient (Wildman–Crippen LogP) is 1.97. The zero-order valence-electron chi connectivity index (χ0n) is 12.7. The van der Waals surface area contributed by atoms with E-state index in [9.17, 15) is 0 Å². The number of para-hydroxylation sites is 1. The number of hydrogen-bond acceptors (Lipinski definition) is 7. The van der Waals surface area contributed by atoms with E-state index in [1.54, 1.807) is 7.11 Å². The summed E-state index contributed by atoms with van der Waals surface area (Å²) < 4.78 is 21.2. The fraction of sp³-hybridized carbons (Fsp3) is 0.467. The summed E-state index contributed by atoms with van der Waals surface area (Å²) in [7, 11) is 1.60. The highest BCUT2D eigenvalue weighted by Crippen LogP contribution is 2.35. The van der Waals surface area contributed by atoms with E-state index in [1.807, 2.05) is 18.2 Å². The summed E-state index contributed by atoms with van der Waals surface area (Å²) in [5.41, 5.74) is 1.09. The zero-order chi connectivity index (χ0) is 15.4. The third kappa shape index (κ3) is 3.20. The first-order valence-electron chi connectivity index (χ1n) is 7.20. The lowest BCUT2D eigenvalue weighted by molar-refractivity contribution is 0.170. The summed E-state index contributed by atoms with van der Waals surface area (Å²) >= 11 is 0. The molecule has 22 heavy (non-hydrogen) atoms. The number of fused-ring (bicyclic) bond motifs is 1. The van der Waals surface area contributed by atoms with E-state index in [2.05, 4.69) is 22.0 Å². The number of aromatic nitrogens is 2. The molecule has 0 unspecified atom stereocenters. The van der Waals surface area contributed by atoms with Gasteiger partial charge in [-0.3, -0.25) is 4.90 Å². The Morgan fingerprint density at radius 3 is 3.00 bits per heavy atom. The molecule has 0 saturated heterocycles. The average Bonchev–Trinajstić information content (AvgIpc) is 3.16. The summed E-state index contributed by atoms with van der Waals surface area (Å²) in [5.74, 6) is 2.77. The molecule has 0 radical (unpaired) electrons. The predicted molar refractivity (Wildman–Crippen MR) is 77.4 cm³/mol. The summed E-state index contributed by atoms with van der Waals surface area (Å²) in [6.07, 6.45) is 0. The smallest absolute Gasteiger partial charge is 0.240 e. The van der Waals surface area contributed by atoms with Gasteiger partial charge >= 0.3 is 0 Å². The summed E-state index contributed by atoms with van der Waals surface area (Å²) in [5, 5.41) is 3.88. The minimum atomic E-state index is 0.280. The molecule has 0 N–H and O–H groups in total. The van der Waals surface area contributed by atoms with E-state index in [-0.39, 0.29) is 6.79 Å². The van der Waals surface area contributed by atoms with Gasteiger partial charge in [0, 0.05) is 19.2 Å². The van der Waals surface area contributed by atoms with E-state index in [0.29, 0.717) is 24.9 Å². The molecule has 2 aromatic rings. The molecular formula is C15H19N3O4. The van der Waals surface area contributed by atoms with Crippen molar-refractivity contribution in [3.05, 3.63) is 35.5 Å². The SMILES string of the molecule is CCN(Cc1nc(COC)no1)Cc1cccc2c1OCO2. The van der Waals surface area contributed by atoms with E-state index in [1.165, 1.54) is 0 Å². The molecule has 0 saturated carbocycles. The van der Waals surface area contributed by atoms with Crippen molar-refractivity contribution in [2.24, 2.45) is 0 Å². The summed E-state index contributed by atoms with van der Waals surface area (Å²) in [4.78, 5) is 6.50. The van der Waals surface area contributed by atoms with E-state index < -0.39 is 0 Å². The van der Waals surface area contributed by atoms with Gasteiger partial charge in [-0.25, -0.2) is 0 Å². The maximum absolute atomic E-state index is 5.54. The Morgan fingerprint density at radius 2 is 2.18 bits per heavy atom. The Kier molecular flexibility index (Phi) is 4.55. The van der Waals surface area contributed by atoms with Gasteiger partial charge in [0.2, 0.25) is 12.7 Å². The third-order valence-corrected chi connectivity index (χ3v) is 3.46. The summed E-state index contributed by atoms with van der Waals surface area (Å²) in [6, 6.07) is 5.93. The highest BCUT2D eigenvalue weighted by molar-refractivity contribution is 5.48. The molecule has 0 atom stereocenters. The third-order valence-electron chi connectivity index (χ3n) is 3.46. The molecule has 7 heteroatoms. The van der Waals surface area contributed by atoms with Gasteiger partial charge in [0.05, 0.1) is 6.54 Å². The molecular weight excluding hydrogens is 286 g/mol. The fourth-order valence-corrected chi connectivity index (χ4v) is 2.37. The maximum atomic E-state index is 5.54. The van der Waals surface area contributed by atoms with E-state index >= 15 is 0 Å². The fourth-order valence-electron chi connectivity index (χ4n) is 2.37. The normalized spacial score (nSPS) is 13.0. The first-order chi connectivity index (χ1) is 10.8. The van der Waals surface area contributed by atoms with Gasteiger partial charge in [-0.1, -0.05) is 24.2 Å². The zero-order valence-corrected chi connectivity index (χ0v) is 12.7. The Balaban J connectivity index is 1.68. The van der Waals surface area contributed by atoms with Gasteiger partial charge in [0.1, 0.15) is 6.61 Å². The van der Waals surface area contributed by atoms with Crippen LogP contribution in [0.15, 0.2) is 22.7 Å². The van der Waals surface area contributed by atoms with Gasteiger partial charge in [-0.05, 0) is 12.6 Å². The minimum absolute atomic E-state index is 0.280. The molecule has 0 aliphatic carbocycles. The van der Waals surface area contributed by atoms with E-state index in [4.69, 9.17) is 18.7 Å². The first-order valence-corrected chi connectivity index (χ1v) is 7.20. The molecule has 3 rings (SSSR count). The van der Waals surface area contributed by atoms with Crippen LogP contribution in [0.25, 0.3) is 0 Å². The van der Waals surface area contributed by atoms with Crippen LogP contribution in [0.3, 0.4) is 0 Å². The molecule has 1 aromatic carbocycles. The van der Waals surface area contributed by atoms with Crippen molar-refractivity contribution in [2.75, 3.05) is 20.4 Å². The second-order valence-corrected chi connectivity index (χ2v) is 4.99. The molecule has 1 aliphatic heterocycles. The lowest BCUT2D eigenvalue weighted by atomic mass is 10.1. The topological polar surface area (TPSA) is 69.9 Å². The molecule has 0 amide bonds. The highest BCUT2D eigenvalue weighted by Gasteiger charge is 2.19. The van der Waals surface area contributed by atoms with Crippen LogP contribution in [0.2, 0.25) is 0 Å². The van der Waals surface area contributed by atoms with Gasteiger partial charge in [-0.15, -0.1) is 0 Å². The molecule has 118 valence electrons. The van der Waals surface area contributed by atoms with Crippen LogP contribution >= 0.6 is 0 Å². The Hall–Kier alpha value is -2.12. The first kappa shape index (κ1) is 14.8. The van der Waals surface area contributed by atoms with Gasteiger partial charge in [-0.2, -0.15) is 4.98 Å². The lowest BCUT2D eigenvalue weighted by Crippen LogP contribution is -2.22. The van der Waals surface area contributed by atoms with Crippen molar-refractivity contribution >= 4 is 0 Å². The van der Waals surface area contributed by atoms with E-state index in [0.717, 1.165) is 30.2 Å². The van der Waals surface area contributed by atoms with Crippen LogP contribution in [0.4, 0.5) is 0 Å². The van der Waals surface area contributed by atoms with Crippen molar-refractivity contribution < 1.29 is 18.7 Å². The molecule has 7 nitrogen and oxygen atoms in total. The number of benzene rings is 1. The molecule has 1 aromatic heterocycles. The quantitative estimate of drug-likeness (QED) is 0.774. The van der Waals surface area contributed by atoms with Crippen LogP contribution in [0.1, 0.15) is 24.2 Å². The Bertz CT molecular complexity index is 629. The number of rotatable bonds is 7. The van der Waals surface area contributed by atoms with Gasteiger partial charge in [0.25, 0.3) is 0 Å². The number of methoxy groups -OCH3 is 1. The number of ether oxygens (including phenoxy) is 3. The Morgan fingerprint density at radius 1 is 1.27 bits per heavy atom. The number of nitrogens with zero attached hydrogens (tertiary/aromatic N) is 3. The monoisotopic (exact) mass is 305 g/mol. The highest BCUT2D eigenvalue weighted by atomic mass is 16.7. The molecule has 0 bridgehead atoms. The molecule has 2 heterocycles. The van der Waals surface area contributed by atoms with Crippen molar-refractivity contribution in [1.29, 1.82) is 0 Å². The van der Waals surface area contributed by atoms with Crippen molar-refractivity contribution in [2.45, 2.75) is 26.6 Å². The Labute approximate surface area is 128 Å². The summed E-state index contributed by atoms with van der Waals surface area (Å²) in [6.45, 7) is 4.89. The molecule has 1 aliphatic rings. The van der Waals surface area contributed by atoms with Crippen molar-refractivity contribution in [1.82, 2.24) is 15.0 Å². The lowest BCUT2D eigenvalue weighted by Gasteiger charge is -2.19. The minimum Gasteiger partial charge on any atom is -0.454 e. The molecule has 0 fully saturated rings. The van der Waals surface area contributed by atoms with Gasteiger partial charge in [0.15, 0.2) is 17.3 Å². The largest absolute Gasteiger partial charge is 0.454 e. The van der Waals surface area contributed by atoms with Crippen LogP contribution in [0, 0.1) is 0 Å². The standard InChI is InChI=1S/C15H19N3O4/c1-3-18(8-14-16-13(9-19-2)17-22-14)7-11-5-4-6-12-15(11)21-10-20-12/h4-6H,3,7-10H2,1-2H3. The van der Waals surface area contributed by atoms with Crippen molar-refractivity contribution in [3.63, 3.8) is 0 Å². The van der Waals surface area contributed by atoms with Crippen LogP contribution in [-0.2, 0) is 24.4 Å². The van der Waals surface area contributed by atoms with Crippen molar-refractivity contribution in [3.8, 4) is 11.5 Å². The second-order valence-electron chi connectivity index (χ2n) is 4.99. The maximum Gasteiger partial charge on any atom is 0.240 e. The van der Waals surface area contributed by atoms with Crippen LogP contribution in [-0.4, -0.2) is 35.5 Å².